The molecule has 0 aliphatic carbocycles. The summed E-state index contributed by atoms with van der Waals surface area (Å²) in [6.45, 7) is 4.33. The molecule has 0 aliphatic rings. The van der Waals surface area contributed by atoms with Crippen LogP contribution in [0.1, 0.15) is 97.3 Å². The second-order valence-corrected chi connectivity index (χ2v) is 10.9. The van der Waals surface area contributed by atoms with Crippen molar-refractivity contribution in [1.29, 1.82) is 0 Å². The van der Waals surface area contributed by atoms with Gasteiger partial charge in [-0.05, 0) is 44.9 Å². The topological polar surface area (TPSA) is 102 Å². The zero-order valence-corrected chi connectivity index (χ0v) is 25.7. The zero-order valence-electron chi connectivity index (χ0n) is 25.7. The highest BCUT2D eigenvalue weighted by Gasteiger charge is 2.25. The third-order valence-electron chi connectivity index (χ3n) is 6.27. The van der Waals surface area contributed by atoms with Crippen LogP contribution in [-0.4, -0.2) is 75.5 Å². The van der Waals surface area contributed by atoms with E-state index in [-0.39, 0.29) is 55.5 Å². The molecule has 0 aromatic heterocycles. The summed E-state index contributed by atoms with van der Waals surface area (Å²) in [5.41, 5.74) is 0. The standard InChI is InChI=1S/C32H55NO7/c1-6-8-10-12-14-15-17-19-21-23-31(35)40-28(26-38-25-24-29(32(36)37)33(3,4)5)27-39-30(34)22-20-18-16-13-11-9-7-2/h9,11,15-18,28-29H,6-8,10,12-14,19-27H2,1-5H3/b11-9+,17-15+,18-16+. The van der Waals surface area contributed by atoms with Crippen LogP contribution in [0.5, 0.6) is 0 Å². The third kappa shape index (κ3) is 22.4. The number of quaternary nitrogens is 1. The summed E-state index contributed by atoms with van der Waals surface area (Å²) in [5.74, 6) is -1.89. The summed E-state index contributed by atoms with van der Waals surface area (Å²) in [5, 5.41) is 11.5. The number of unbranched alkanes of at least 4 members (excludes halogenated alkanes) is 5. The van der Waals surface area contributed by atoms with Gasteiger partial charge in [0, 0.05) is 19.3 Å². The van der Waals surface area contributed by atoms with Crippen LogP contribution in [-0.2, 0) is 28.6 Å². The fourth-order valence-electron chi connectivity index (χ4n) is 3.90. The van der Waals surface area contributed by atoms with Gasteiger partial charge in [0.2, 0.25) is 0 Å². The molecule has 2 unspecified atom stereocenters. The maximum atomic E-state index is 12.4. The van der Waals surface area contributed by atoms with Crippen LogP contribution in [0.15, 0.2) is 36.5 Å². The lowest BCUT2D eigenvalue weighted by Gasteiger charge is -2.34. The van der Waals surface area contributed by atoms with E-state index < -0.39 is 18.1 Å². The molecule has 0 rings (SSSR count). The molecule has 230 valence electrons. The maximum Gasteiger partial charge on any atom is 0.306 e. The van der Waals surface area contributed by atoms with Crippen molar-refractivity contribution < 1.29 is 38.2 Å². The van der Waals surface area contributed by atoms with Gasteiger partial charge in [0.15, 0.2) is 6.10 Å². The van der Waals surface area contributed by atoms with Gasteiger partial charge in [0.1, 0.15) is 12.6 Å². The Morgan fingerprint density at radius 2 is 1.45 bits per heavy atom. The molecule has 0 heterocycles. The largest absolute Gasteiger partial charge is 0.544 e. The number of carboxylic acids is 1. The number of rotatable bonds is 25. The number of carbonyl (C=O) groups is 3. The highest BCUT2D eigenvalue weighted by Crippen LogP contribution is 2.10. The fraction of sp³-hybridized carbons (Fsp3) is 0.719. The van der Waals surface area contributed by atoms with Gasteiger partial charge in [0.25, 0.3) is 0 Å². The molecule has 8 heteroatoms. The Bertz CT molecular complexity index is 768. The van der Waals surface area contributed by atoms with Crippen LogP contribution in [0.3, 0.4) is 0 Å². The highest BCUT2D eigenvalue weighted by molar-refractivity contribution is 5.70. The van der Waals surface area contributed by atoms with Crippen LogP contribution in [0.25, 0.3) is 0 Å². The summed E-state index contributed by atoms with van der Waals surface area (Å²) >= 11 is 0. The molecule has 40 heavy (non-hydrogen) atoms. The van der Waals surface area contributed by atoms with Crippen LogP contribution >= 0.6 is 0 Å². The van der Waals surface area contributed by atoms with Gasteiger partial charge >= 0.3 is 11.9 Å². The zero-order chi connectivity index (χ0) is 30.1. The number of allylic oxidation sites excluding steroid dienone is 6. The van der Waals surface area contributed by atoms with Gasteiger partial charge in [-0.15, -0.1) is 0 Å². The molecule has 2 atom stereocenters. The second kappa shape index (κ2) is 24.4. The van der Waals surface area contributed by atoms with Crippen molar-refractivity contribution in [2.75, 3.05) is 41.0 Å². The predicted octanol–water partition coefficient (Wildman–Crippen LogP) is 5.06. The minimum Gasteiger partial charge on any atom is -0.544 e. The first-order valence-corrected chi connectivity index (χ1v) is 15.0. The molecule has 8 nitrogen and oxygen atoms in total. The molecule has 0 fully saturated rings. The molecule has 0 amide bonds. The molecule has 0 radical (unpaired) electrons. The number of esters is 2. The van der Waals surface area contributed by atoms with Gasteiger partial charge in [-0.2, -0.15) is 0 Å². The van der Waals surface area contributed by atoms with E-state index in [9.17, 15) is 19.5 Å². The smallest absolute Gasteiger partial charge is 0.306 e. The summed E-state index contributed by atoms with van der Waals surface area (Å²) in [6.07, 6.45) is 22.3. The van der Waals surface area contributed by atoms with Crippen LogP contribution < -0.4 is 5.11 Å². The SMILES string of the molecule is CC/C=C/C/C=C/CCC(=O)OCC(COCCC(C(=O)[O-])[N+](C)(C)C)OC(=O)CCC/C=C/CCCCCC. The Labute approximate surface area is 243 Å². The van der Waals surface area contributed by atoms with Crippen molar-refractivity contribution in [3.63, 3.8) is 0 Å². The fourth-order valence-corrected chi connectivity index (χ4v) is 3.90. The number of likely N-dealkylation sites (N-methyl/N-ethyl adjacent to an activating group) is 1. The predicted molar refractivity (Wildman–Crippen MR) is 157 cm³/mol. The molecule has 0 aliphatic heterocycles. The van der Waals surface area contributed by atoms with E-state index in [1.807, 2.05) is 12.2 Å². The lowest BCUT2D eigenvalue weighted by atomic mass is 10.1. The van der Waals surface area contributed by atoms with Crippen molar-refractivity contribution in [3.8, 4) is 0 Å². The minimum atomic E-state index is -1.14. The Morgan fingerprint density at radius 3 is 2.10 bits per heavy atom. The normalized spacial score (nSPS) is 13.7. The molecule has 0 spiro atoms. The number of nitrogens with zero attached hydrogens (tertiary/aromatic N) is 1. The number of aliphatic carboxylic acids is 1. The van der Waals surface area contributed by atoms with E-state index in [1.165, 1.54) is 25.7 Å². The van der Waals surface area contributed by atoms with Crippen molar-refractivity contribution in [1.82, 2.24) is 0 Å². The Kier molecular flexibility index (Phi) is 22.9. The average Bonchev–Trinajstić information content (AvgIpc) is 2.89. The molecule has 0 N–H and O–H groups in total. The van der Waals surface area contributed by atoms with Crippen molar-refractivity contribution in [2.24, 2.45) is 0 Å². The first-order chi connectivity index (χ1) is 19.1. The summed E-state index contributed by atoms with van der Waals surface area (Å²) in [4.78, 5) is 36.1. The van der Waals surface area contributed by atoms with E-state index >= 15 is 0 Å². The molecule has 0 saturated heterocycles. The lowest BCUT2D eigenvalue weighted by Crippen LogP contribution is -2.55. The Balaban J connectivity index is 4.66. The highest BCUT2D eigenvalue weighted by atomic mass is 16.6. The number of hydrogen-bond acceptors (Lipinski definition) is 7. The Hall–Kier alpha value is -2.45. The number of carbonyl (C=O) groups excluding carboxylic acids is 3. The number of carboxylic acid groups (broad SMARTS) is 1. The molecular formula is C32H55NO7. The van der Waals surface area contributed by atoms with Gasteiger partial charge in [0.05, 0.1) is 40.3 Å². The monoisotopic (exact) mass is 565 g/mol. The van der Waals surface area contributed by atoms with E-state index in [0.717, 1.165) is 25.7 Å². The van der Waals surface area contributed by atoms with Gasteiger partial charge in [-0.25, -0.2) is 0 Å². The van der Waals surface area contributed by atoms with Crippen molar-refractivity contribution in [3.05, 3.63) is 36.5 Å². The molecule has 0 bridgehead atoms. The van der Waals surface area contributed by atoms with Crippen molar-refractivity contribution >= 4 is 17.9 Å². The van der Waals surface area contributed by atoms with E-state index in [0.29, 0.717) is 12.8 Å². The first-order valence-electron chi connectivity index (χ1n) is 15.0. The molecular weight excluding hydrogens is 510 g/mol. The van der Waals surface area contributed by atoms with Gasteiger partial charge < -0.3 is 28.6 Å². The third-order valence-corrected chi connectivity index (χ3v) is 6.27. The average molecular weight is 566 g/mol. The van der Waals surface area contributed by atoms with Gasteiger partial charge in [-0.1, -0.05) is 69.6 Å². The number of hydrogen-bond donors (Lipinski definition) is 0. The molecule has 0 aromatic rings. The summed E-state index contributed by atoms with van der Waals surface area (Å²) in [7, 11) is 5.34. The van der Waals surface area contributed by atoms with Crippen LogP contribution in [0.4, 0.5) is 0 Å². The maximum absolute atomic E-state index is 12.4. The van der Waals surface area contributed by atoms with Crippen LogP contribution in [0.2, 0.25) is 0 Å². The molecule has 0 saturated carbocycles. The summed E-state index contributed by atoms with van der Waals surface area (Å²) in [6, 6.07) is -0.732. The molecule has 0 aromatic carbocycles. The van der Waals surface area contributed by atoms with E-state index in [2.05, 4.69) is 38.2 Å². The summed E-state index contributed by atoms with van der Waals surface area (Å²) < 4.78 is 16.8. The van der Waals surface area contributed by atoms with Gasteiger partial charge in [-0.3, -0.25) is 9.59 Å². The number of ether oxygens (including phenoxy) is 3. The quantitative estimate of drug-likeness (QED) is 0.0660. The Morgan fingerprint density at radius 1 is 0.775 bits per heavy atom. The second-order valence-electron chi connectivity index (χ2n) is 10.9. The van der Waals surface area contributed by atoms with E-state index in [4.69, 9.17) is 14.2 Å². The minimum absolute atomic E-state index is 0.0112. The lowest BCUT2D eigenvalue weighted by molar-refractivity contribution is -0.889. The first kappa shape index (κ1) is 37.6. The van der Waals surface area contributed by atoms with Crippen molar-refractivity contribution in [2.45, 2.75) is 109 Å². The van der Waals surface area contributed by atoms with E-state index in [1.54, 1.807) is 21.1 Å². The van der Waals surface area contributed by atoms with Crippen LogP contribution in [0, 0.1) is 0 Å².